The fraction of sp³-hybridized carbons (Fsp3) is 0.385. The number of hydrogen-bond acceptors (Lipinski definition) is 3. The second kappa shape index (κ2) is 3.60. The molecular formula is C13H13N3S. The number of fused-ring (bicyclic) bond motifs is 1. The Morgan fingerprint density at radius 2 is 2.12 bits per heavy atom. The van der Waals surface area contributed by atoms with Crippen LogP contribution in [0.4, 0.5) is 0 Å². The normalized spacial score (nSPS) is 22.7. The molecule has 1 aromatic carbocycles. The van der Waals surface area contributed by atoms with E-state index in [1.54, 1.807) is 0 Å². The van der Waals surface area contributed by atoms with Crippen molar-refractivity contribution < 1.29 is 0 Å². The Hall–Kier alpha value is -1.29. The van der Waals surface area contributed by atoms with Crippen LogP contribution in [0.1, 0.15) is 41.9 Å². The van der Waals surface area contributed by atoms with Gasteiger partial charge in [-0.1, -0.05) is 18.2 Å². The molecule has 1 N–H and O–H groups in total. The number of hydrogen-bond donors (Lipinski definition) is 1. The van der Waals surface area contributed by atoms with Crippen molar-refractivity contribution in [3.63, 3.8) is 0 Å². The third-order valence-corrected chi connectivity index (χ3v) is 4.68. The molecule has 0 amide bonds. The van der Waals surface area contributed by atoms with E-state index in [2.05, 4.69) is 39.4 Å². The van der Waals surface area contributed by atoms with Crippen molar-refractivity contribution in [2.75, 3.05) is 5.75 Å². The molecule has 86 valence electrons. The van der Waals surface area contributed by atoms with Gasteiger partial charge in [0.1, 0.15) is 5.82 Å². The van der Waals surface area contributed by atoms with Gasteiger partial charge in [0.15, 0.2) is 5.82 Å². The predicted octanol–water partition coefficient (Wildman–Crippen LogP) is 2.92. The van der Waals surface area contributed by atoms with Crippen LogP contribution in [0.25, 0.3) is 0 Å². The van der Waals surface area contributed by atoms with Gasteiger partial charge in [-0.25, -0.2) is 4.98 Å². The topological polar surface area (TPSA) is 41.6 Å². The van der Waals surface area contributed by atoms with E-state index in [1.807, 2.05) is 11.8 Å². The highest BCUT2D eigenvalue weighted by Crippen LogP contribution is 2.43. The van der Waals surface area contributed by atoms with Crippen molar-refractivity contribution in [3.05, 3.63) is 41.5 Å². The molecule has 4 rings (SSSR count). The van der Waals surface area contributed by atoms with Gasteiger partial charge in [-0.2, -0.15) is 5.10 Å². The van der Waals surface area contributed by atoms with Crippen LogP contribution in [0.15, 0.2) is 29.2 Å². The number of benzene rings is 1. The summed E-state index contributed by atoms with van der Waals surface area (Å²) in [6.07, 6.45) is 2.51. The van der Waals surface area contributed by atoms with Gasteiger partial charge < -0.3 is 0 Å². The van der Waals surface area contributed by atoms with Crippen molar-refractivity contribution in [2.24, 2.45) is 0 Å². The Balaban J connectivity index is 1.70. The Kier molecular flexibility index (Phi) is 2.06. The summed E-state index contributed by atoms with van der Waals surface area (Å²) < 4.78 is 0. The molecule has 1 saturated carbocycles. The average molecular weight is 243 g/mol. The molecule has 0 radical (unpaired) electrons. The number of nitrogens with one attached hydrogen (secondary N) is 1. The molecule has 2 aliphatic rings. The molecule has 2 heterocycles. The number of aromatic nitrogens is 3. The lowest BCUT2D eigenvalue weighted by Crippen LogP contribution is -2.01. The van der Waals surface area contributed by atoms with Gasteiger partial charge in [0.05, 0.1) is 5.92 Å². The van der Waals surface area contributed by atoms with E-state index in [9.17, 15) is 0 Å². The first-order valence-corrected chi connectivity index (χ1v) is 7.04. The molecule has 2 aromatic rings. The first-order valence-electron chi connectivity index (χ1n) is 6.06. The molecule has 1 aliphatic heterocycles. The standard InChI is InChI=1S/C13H13N3S/c1-2-4-11-9(3-1)10(7-17-11)13-14-12(15-16-13)8-5-6-8/h1-4,8,10H,5-7H2,(H,14,15,16). The predicted molar refractivity (Wildman–Crippen MR) is 67.4 cm³/mol. The van der Waals surface area contributed by atoms with Crippen LogP contribution in [0.3, 0.4) is 0 Å². The van der Waals surface area contributed by atoms with Gasteiger partial charge in [-0.3, -0.25) is 5.10 Å². The van der Waals surface area contributed by atoms with Gasteiger partial charge in [0.25, 0.3) is 0 Å². The summed E-state index contributed by atoms with van der Waals surface area (Å²) in [6, 6.07) is 8.61. The Morgan fingerprint density at radius 3 is 3.00 bits per heavy atom. The monoisotopic (exact) mass is 243 g/mol. The van der Waals surface area contributed by atoms with E-state index in [0.717, 1.165) is 17.4 Å². The van der Waals surface area contributed by atoms with Crippen LogP contribution in [0, 0.1) is 0 Å². The minimum atomic E-state index is 0.399. The summed E-state index contributed by atoms with van der Waals surface area (Å²) in [4.78, 5) is 6.06. The van der Waals surface area contributed by atoms with Gasteiger partial charge in [0.2, 0.25) is 0 Å². The maximum absolute atomic E-state index is 4.67. The van der Waals surface area contributed by atoms with Crippen LogP contribution < -0.4 is 0 Å². The first kappa shape index (κ1) is 9.71. The van der Waals surface area contributed by atoms with Crippen LogP contribution in [0.5, 0.6) is 0 Å². The molecule has 0 saturated heterocycles. The van der Waals surface area contributed by atoms with Gasteiger partial charge >= 0.3 is 0 Å². The lowest BCUT2D eigenvalue weighted by molar-refractivity contribution is 0.834. The largest absolute Gasteiger partial charge is 0.262 e. The van der Waals surface area contributed by atoms with Crippen LogP contribution in [-0.2, 0) is 0 Å². The average Bonchev–Trinajstić information content (AvgIpc) is 2.95. The van der Waals surface area contributed by atoms with Crippen LogP contribution in [-0.4, -0.2) is 20.9 Å². The third-order valence-electron chi connectivity index (χ3n) is 3.49. The highest BCUT2D eigenvalue weighted by atomic mass is 32.2. The second-order valence-electron chi connectivity index (χ2n) is 4.75. The number of aromatic amines is 1. The minimum Gasteiger partial charge on any atom is -0.262 e. The van der Waals surface area contributed by atoms with Crippen molar-refractivity contribution in [2.45, 2.75) is 29.6 Å². The third kappa shape index (κ3) is 1.59. The summed E-state index contributed by atoms with van der Waals surface area (Å²) >= 11 is 1.92. The summed E-state index contributed by atoms with van der Waals surface area (Å²) in [6.45, 7) is 0. The quantitative estimate of drug-likeness (QED) is 0.881. The summed E-state index contributed by atoms with van der Waals surface area (Å²) in [7, 11) is 0. The minimum absolute atomic E-state index is 0.399. The van der Waals surface area contributed by atoms with E-state index < -0.39 is 0 Å². The summed E-state index contributed by atoms with van der Waals surface area (Å²) in [5.74, 6) is 4.18. The molecule has 1 aromatic heterocycles. The van der Waals surface area contributed by atoms with Crippen LogP contribution in [0.2, 0.25) is 0 Å². The molecule has 1 fully saturated rings. The van der Waals surface area contributed by atoms with E-state index in [1.165, 1.54) is 23.3 Å². The van der Waals surface area contributed by atoms with Crippen molar-refractivity contribution >= 4 is 11.8 Å². The van der Waals surface area contributed by atoms with Gasteiger partial charge in [0, 0.05) is 16.6 Å². The maximum Gasteiger partial charge on any atom is 0.153 e. The number of nitrogens with zero attached hydrogens (tertiary/aromatic N) is 2. The molecule has 4 heteroatoms. The Morgan fingerprint density at radius 1 is 1.24 bits per heavy atom. The molecule has 17 heavy (non-hydrogen) atoms. The zero-order valence-corrected chi connectivity index (χ0v) is 10.2. The fourth-order valence-electron chi connectivity index (χ4n) is 2.36. The summed E-state index contributed by atoms with van der Waals surface area (Å²) in [5, 5.41) is 7.49. The zero-order valence-electron chi connectivity index (χ0n) is 9.39. The van der Waals surface area contributed by atoms with Crippen LogP contribution >= 0.6 is 11.8 Å². The van der Waals surface area contributed by atoms with Crippen molar-refractivity contribution in [3.8, 4) is 0 Å². The molecular weight excluding hydrogens is 230 g/mol. The number of H-pyrrole nitrogens is 1. The Bertz CT molecular complexity index is 559. The maximum atomic E-state index is 4.67. The van der Waals surface area contributed by atoms with Gasteiger partial charge in [-0.05, 0) is 24.5 Å². The number of rotatable bonds is 2. The van der Waals surface area contributed by atoms with E-state index in [-0.39, 0.29) is 0 Å². The number of thioether (sulfide) groups is 1. The van der Waals surface area contributed by atoms with Crippen molar-refractivity contribution in [1.29, 1.82) is 0 Å². The molecule has 1 unspecified atom stereocenters. The van der Waals surface area contributed by atoms with E-state index >= 15 is 0 Å². The molecule has 1 atom stereocenters. The first-order chi connectivity index (χ1) is 8.42. The molecule has 0 bridgehead atoms. The highest BCUT2D eigenvalue weighted by molar-refractivity contribution is 7.99. The lowest BCUT2D eigenvalue weighted by atomic mass is 10.0. The lowest BCUT2D eigenvalue weighted by Gasteiger charge is -2.05. The Labute approximate surface area is 104 Å². The van der Waals surface area contributed by atoms with E-state index in [0.29, 0.717) is 11.8 Å². The SMILES string of the molecule is c1ccc2c(c1)SCC2c1nc(C2CC2)n[nH]1. The summed E-state index contributed by atoms with van der Waals surface area (Å²) in [5.41, 5.74) is 1.40. The van der Waals surface area contributed by atoms with Gasteiger partial charge in [-0.15, -0.1) is 11.8 Å². The molecule has 1 aliphatic carbocycles. The molecule has 0 spiro atoms. The second-order valence-corrected chi connectivity index (χ2v) is 5.82. The zero-order chi connectivity index (χ0) is 11.2. The highest BCUT2D eigenvalue weighted by Gasteiger charge is 2.31. The fourth-order valence-corrected chi connectivity index (χ4v) is 3.59. The molecule has 3 nitrogen and oxygen atoms in total. The van der Waals surface area contributed by atoms with E-state index in [4.69, 9.17) is 0 Å². The van der Waals surface area contributed by atoms with Crippen molar-refractivity contribution in [1.82, 2.24) is 15.2 Å². The smallest absolute Gasteiger partial charge is 0.153 e.